The fourth-order valence-electron chi connectivity index (χ4n) is 2.50. The first-order chi connectivity index (χ1) is 9.76. The Hall–Kier alpha value is -0.970. The molecule has 1 rings (SSSR count). The van der Waals surface area contributed by atoms with Crippen LogP contribution in [0, 0.1) is 5.92 Å². The van der Waals surface area contributed by atoms with Gasteiger partial charge in [0, 0.05) is 26.2 Å². The summed E-state index contributed by atoms with van der Waals surface area (Å²) in [4.78, 5) is 27.3. The number of alkyl halides is 1. The third kappa shape index (κ3) is 6.12. The van der Waals surface area contributed by atoms with Gasteiger partial charge in [0.05, 0.1) is 0 Å². The van der Waals surface area contributed by atoms with Crippen LogP contribution in [-0.4, -0.2) is 59.5 Å². The molecule has 1 aliphatic rings. The number of halogens is 1. The highest BCUT2D eigenvalue weighted by molar-refractivity contribution is 6.27. The number of ether oxygens (including phenoxy) is 1. The van der Waals surface area contributed by atoms with Gasteiger partial charge in [-0.05, 0) is 46.5 Å². The third-order valence-electron chi connectivity index (χ3n) is 3.50. The number of likely N-dealkylation sites (tertiary alicyclic amines) is 1. The number of carbonyl (C=O) groups is 2. The molecule has 2 amide bonds. The van der Waals surface area contributed by atoms with E-state index in [2.05, 4.69) is 0 Å². The Balaban J connectivity index is 2.56. The summed E-state index contributed by atoms with van der Waals surface area (Å²) in [6.07, 6.45) is 1.69. The van der Waals surface area contributed by atoms with Gasteiger partial charge in [0.2, 0.25) is 5.91 Å². The van der Waals surface area contributed by atoms with Crippen LogP contribution in [0.25, 0.3) is 0 Å². The van der Waals surface area contributed by atoms with Crippen LogP contribution in [0.15, 0.2) is 0 Å². The number of piperidine rings is 1. The molecule has 0 unspecified atom stereocenters. The van der Waals surface area contributed by atoms with E-state index in [1.54, 1.807) is 9.80 Å². The summed E-state index contributed by atoms with van der Waals surface area (Å²) < 4.78 is 5.41. The zero-order valence-electron chi connectivity index (χ0n) is 13.5. The van der Waals surface area contributed by atoms with E-state index in [1.165, 1.54) is 0 Å². The number of nitrogens with zero attached hydrogens (tertiary/aromatic N) is 2. The molecule has 0 radical (unpaired) electrons. The normalized spacial score (nSPS) is 19.3. The van der Waals surface area contributed by atoms with Crippen LogP contribution in [0.3, 0.4) is 0 Å². The van der Waals surface area contributed by atoms with E-state index in [9.17, 15) is 9.59 Å². The number of rotatable bonds is 4. The number of hydrogen-bond acceptors (Lipinski definition) is 3. The van der Waals surface area contributed by atoms with Crippen molar-refractivity contribution in [1.29, 1.82) is 0 Å². The first-order valence-electron chi connectivity index (χ1n) is 7.58. The van der Waals surface area contributed by atoms with Crippen molar-refractivity contribution in [3.05, 3.63) is 0 Å². The average molecular weight is 319 g/mol. The molecular formula is C15H27ClN2O3. The summed E-state index contributed by atoms with van der Waals surface area (Å²) >= 11 is 5.61. The second-order valence-corrected chi connectivity index (χ2v) is 6.77. The molecule has 0 aromatic heterocycles. The van der Waals surface area contributed by atoms with Crippen molar-refractivity contribution in [2.45, 2.75) is 46.1 Å². The first kappa shape index (κ1) is 18.1. The molecule has 1 aliphatic heterocycles. The zero-order chi connectivity index (χ0) is 16.0. The van der Waals surface area contributed by atoms with Crippen LogP contribution >= 0.6 is 11.6 Å². The predicted octanol–water partition coefficient (Wildman–Crippen LogP) is 2.72. The molecule has 1 atom stereocenters. The van der Waals surface area contributed by atoms with Crippen molar-refractivity contribution in [2.24, 2.45) is 5.92 Å². The standard InChI is InChI=1S/C15H27ClN2O3/c1-5-17(14(20)21-15(2,3)4)10-12-7-6-8-18(11-12)13(19)9-16/h12H,5-11H2,1-4H3/t12-/m0/s1. The Morgan fingerprint density at radius 2 is 2.05 bits per heavy atom. The summed E-state index contributed by atoms with van der Waals surface area (Å²) in [5, 5.41) is 0. The summed E-state index contributed by atoms with van der Waals surface area (Å²) in [7, 11) is 0. The van der Waals surface area contributed by atoms with Crippen molar-refractivity contribution >= 4 is 23.6 Å². The Morgan fingerprint density at radius 1 is 1.38 bits per heavy atom. The largest absolute Gasteiger partial charge is 0.444 e. The molecule has 5 nitrogen and oxygen atoms in total. The highest BCUT2D eigenvalue weighted by Crippen LogP contribution is 2.19. The molecule has 6 heteroatoms. The van der Waals surface area contributed by atoms with E-state index in [0.29, 0.717) is 25.6 Å². The van der Waals surface area contributed by atoms with E-state index >= 15 is 0 Å². The van der Waals surface area contributed by atoms with Gasteiger partial charge in [-0.3, -0.25) is 4.79 Å². The summed E-state index contributed by atoms with van der Waals surface area (Å²) in [5.41, 5.74) is -0.488. The highest BCUT2D eigenvalue weighted by Gasteiger charge is 2.27. The lowest BCUT2D eigenvalue weighted by atomic mass is 9.97. The number of amides is 2. The van der Waals surface area contributed by atoms with Crippen molar-refractivity contribution in [3.63, 3.8) is 0 Å². The molecule has 1 fully saturated rings. The van der Waals surface area contributed by atoms with Gasteiger partial charge in [0.1, 0.15) is 11.5 Å². The Kier molecular flexibility index (Phi) is 6.78. The van der Waals surface area contributed by atoms with Gasteiger partial charge in [-0.1, -0.05) is 0 Å². The maximum atomic E-state index is 12.1. The molecule has 0 aromatic carbocycles. The molecule has 122 valence electrons. The Bertz CT molecular complexity index is 368. The van der Waals surface area contributed by atoms with Crippen molar-refractivity contribution < 1.29 is 14.3 Å². The minimum atomic E-state index is -0.488. The number of hydrogen-bond donors (Lipinski definition) is 0. The smallest absolute Gasteiger partial charge is 0.410 e. The van der Waals surface area contributed by atoms with Gasteiger partial charge in [-0.2, -0.15) is 0 Å². The minimum absolute atomic E-state index is 0.0241. The molecule has 0 spiro atoms. The predicted molar refractivity (Wildman–Crippen MR) is 83.5 cm³/mol. The molecule has 0 saturated carbocycles. The maximum Gasteiger partial charge on any atom is 0.410 e. The summed E-state index contributed by atoms with van der Waals surface area (Å²) in [6, 6.07) is 0. The fraction of sp³-hybridized carbons (Fsp3) is 0.867. The Labute approximate surface area is 132 Å². The molecule has 1 saturated heterocycles. The molecule has 0 aromatic rings. The molecule has 1 heterocycles. The fourth-order valence-corrected chi connectivity index (χ4v) is 2.67. The minimum Gasteiger partial charge on any atom is -0.444 e. The van der Waals surface area contributed by atoms with Crippen LogP contribution < -0.4 is 0 Å². The molecule has 0 bridgehead atoms. The van der Waals surface area contributed by atoms with E-state index in [1.807, 2.05) is 27.7 Å². The SMILES string of the molecule is CCN(C[C@@H]1CCCN(C(=O)CCl)C1)C(=O)OC(C)(C)C. The van der Waals surface area contributed by atoms with E-state index < -0.39 is 5.60 Å². The van der Waals surface area contributed by atoms with Gasteiger partial charge in [-0.25, -0.2) is 4.79 Å². The Morgan fingerprint density at radius 3 is 2.57 bits per heavy atom. The summed E-state index contributed by atoms with van der Waals surface area (Å²) in [5.74, 6) is 0.288. The second kappa shape index (κ2) is 7.87. The van der Waals surface area contributed by atoms with Gasteiger partial charge in [0.25, 0.3) is 0 Å². The lowest BCUT2D eigenvalue weighted by Gasteiger charge is -2.35. The maximum absolute atomic E-state index is 12.1. The van der Waals surface area contributed by atoms with E-state index in [0.717, 1.165) is 19.4 Å². The van der Waals surface area contributed by atoms with Crippen LogP contribution in [0.2, 0.25) is 0 Å². The van der Waals surface area contributed by atoms with E-state index in [-0.39, 0.29) is 17.9 Å². The van der Waals surface area contributed by atoms with Gasteiger partial charge in [-0.15, -0.1) is 11.6 Å². The molecule has 0 aliphatic carbocycles. The van der Waals surface area contributed by atoms with Gasteiger partial charge < -0.3 is 14.5 Å². The molecule has 0 N–H and O–H groups in total. The quantitative estimate of drug-likeness (QED) is 0.749. The lowest BCUT2D eigenvalue weighted by Crippen LogP contribution is -2.46. The topological polar surface area (TPSA) is 49.9 Å². The van der Waals surface area contributed by atoms with Crippen molar-refractivity contribution in [1.82, 2.24) is 9.80 Å². The molecule has 21 heavy (non-hydrogen) atoms. The third-order valence-corrected chi connectivity index (χ3v) is 3.73. The second-order valence-electron chi connectivity index (χ2n) is 6.50. The van der Waals surface area contributed by atoms with Gasteiger partial charge in [0.15, 0.2) is 0 Å². The van der Waals surface area contributed by atoms with Crippen molar-refractivity contribution in [2.75, 3.05) is 32.1 Å². The van der Waals surface area contributed by atoms with Crippen LogP contribution in [0.5, 0.6) is 0 Å². The van der Waals surface area contributed by atoms with Crippen LogP contribution in [0.4, 0.5) is 4.79 Å². The highest BCUT2D eigenvalue weighted by atomic mass is 35.5. The van der Waals surface area contributed by atoms with Crippen LogP contribution in [-0.2, 0) is 9.53 Å². The lowest BCUT2D eigenvalue weighted by molar-refractivity contribution is -0.130. The summed E-state index contributed by atoms with van der Waals surface area (Å²) in [6.45, 7) is 10.2. The zero-order valence-corrected chi connectivity index (χ0v) is 14.3. The van der Waals surface area contributed by atoms with Gasteiger partial charge >= 0.3 is 6.09 Å². The monoisotopic (exact) mass is 318 g/mol. The molecular weight excluding hydrogens is 292 g/mol. The number of carbonyl (C=O) groups excluding carboxylic acids is 2. The van der Waals surface area contributed by atoms with E-state index in [4.69, 9.17) is 16.3 Å². The first-order valence-corrected chi connectivity index (χ1v) is 8.12. The van der Waals surface area contributed by atoms with Crippen molar-refractivity contribution in [3.8, 4) is 0 Å². The average Bonchev–Trinajstić information content (AvgIpc) is 2.42. The van der Waals surface area contributed by atoms with Crippen LogP contribution in [0.1, 0.15) is 40.5 Å².